The van der Waals surface area contributed by atoms with Crippen molar-refractivity contribution < 1.29 is 33.2 Å². The number of hydrogen-bond acceptors (Lipinski definition) is 8. The molecule has 0 fully saturated rings. The van der Waals surface area contributed by atoms with Crippen LogP contribution in [0.25, 0.3) is 0 Å². The second kappa shape index (κ2) is 29.3. The van der Waals surface area contributed by atoms with E-state index in [-0.39, 0.29) is 5.97 Å². The van der Waals surface area contributed by atoms with Gasteiger partial charge in [0.05, 0.1) is 66.1 Å². The fourth-order valence-corrected chi connectivity index (χ4v) is 3.02. The fourth-order valence-electron chi connectivity index (χ4n) is 3.02. The molecule has 0 unspecified atom stereocenters. The smallest absolute Gasteiger partial charge is 0.305 e. The molecular weight excluding hydrogens is 426 g/mol. The summed E-state index contributed by atoms with van der Waals surface area (Å²) in [6.07, 6.45) is 11.7. The zero-order valence-corrected chi connectivity index (χ0v) is 21.4. The maximum absolute atomic E-state index is 11.7. The van der Waals surface area contributed by atoms with Crippen molar-refractivity contribution in [3.8, 4) is 0 Å². The second-order valence-electron chi connectivity index (χ2n) is 7.96. The van der Waals surface area contributed by atoms with Gasteiger partial charge in [-0.15, -0.1) is 0 Å². The number of rotatable bonds is 28. The number of hydrogen-bond donors (Lipinski definition) is 1. The van der Waals surface area contributed by atoms with Crippen molar-refractivity contribution in [1.82, 2.24) is 5.32 Å². The number of carbonyl (C=O) groups is 1. The van der Waals surface area contributed by atoms with Crippen LogP contribution in [0.5, 0.6) is 0 Å². The van der Waals surface area contributed by atoms with E-state index in [1.54, 1.807) is 0 Å². The van der Waals surface area contributed by atoms with Crippen LogP contribution in [0, 0.1) is 0 Å². The van der Waals surface area contributed by atoms with Gasteiger partial charge in [-0.2, -0.15) is 0 Å². The molecule has 0 saturated carbocycles. The van der Waals surface area contributed by atoms with E-state index in [0.717, 1.165) is 19.4 Å². The van der Waals surface area contributed by atoms with Crippen molar-refractivity contribution in [3.63, 3.8) is 0 Å². The van der Waals surface area contributed by atoms with Crippen LogP contribution < -0.4 is 5.32 Å². The summed E-state index contributed by atoms with van der Waals surface area (Å²) < 4.78 is 32.2. The minimum atomic E-state index is -0.125. The van der Waals surface area contributed by atoms with Crippen molar-refractivity contribution in [2.45, 2.75) is 71.1 Å². The Morgan fingerprint density at radius 2 is 0.939 bits per heavy atom. The van der Waals surface area contributed by atoms with Crippen LogP contribution in [0.4, 0.5) is 0 Å². The van der Waals surface area contributed by atoms with Crippen LogP contribution in [-0.4, -0.2) is 92.2 Å². The Balaban J connectivity index is 3.12. The van der Waals surface area contributed by atoms with E-state index in [2.05, 4.69) is 12.2 Å². The van der Waals surface area contributed by atoms with E-state index >= 15 is 0 Å². The van der Waals surface area contributed by atoms with Gasteiger partial charge in [0, 0.05) is 13.0 Å². The summed E-state index contributed by atoms with van der Waals surface area (Å²) in [5, 5.41) is 3.02. The number of unbranched alkanes of at least 4 members (excludes halogenated alkanes) is 8. The highest BCUT2D eigenvalue weighted by atomic mass is 16.6. The molecule has 0 saturated heterocycles. The highest BCUT2D eigenvalue weighted by Crippen LogP contribution is 2.10. The topological polar surface area (TPSA) is 84.5 Å². The van der Waals surface area contributed by atoms with Crippen molar-refractivity contribution in [3.05, 3.63) is 0 Å². The standard InChI is InChI=1S/C25H51NO7/c1-3-4-5-6-7-8-9-10-11-12-25(27)33-24-23-32-22-21-31-20-19-30-18-17-29-16-15-28-14-13-26-2/h26H,3-24H2,1-2H3. The number of carbonyl (C=O) groups excluding carboxylic acids is 1. The molecule has 0 atom stereocenters. The maximum Gasteiger partial charge on any atom is 0.305 e. The van der Waals surface area contributed by atoms with Gasteiger partial charge < -0.3 is 33.7 Å². The Hall–Kier alpha value is -0.770. The fraction of sp³-hybridized carbons (Fsp3) is 0.960. The summed E-state index contributed by atoms with van der Waals surface area (Å²) in [4.78, 5) is 11.7. The van der Waals surface area contributed by atoms with E-state index in [0.29, 0.717) is 79.1 Å². The van der Waals surface area contributed by atoms with Crippen LogP contribution in [-0.2, 0) is 33.2 Å². The molecule has 198 valence electrons. The zero-order valence-electron chi connectivity index (χ0n) is 21.4. The molecule has 0 radical (unpaired) electrons. The van der Waals surface area contributed by atoms with E-state index < -0.39 is 0 Å². The van der Waals surface area contributed by atoms with Gasteiger partial charge >= 0.3 is 5.97 Å². The first-order valence-corrected chi connectivity index (χ1v) is 13.0. The molecule has 0 aliphatic carbocycles. The molecule has 0 amide bonds. The third-order valence-electron chi connectivity index (χ3n) is 4.96. The monoisotopic (exact) mass is 477 g/mol. The van der Waals surface area contributed by atoms with Crippen LogP contribution in [0.3, 0.4) is 0 Å². The van der Waals surface area contributed by atoms with Crippen LogP contribution in [0.15, 0.2) is 0 Å². The first-order chi connectivity index (χ1) is 16.3. The molecule has 0 spiro atoms. The van der Waals surface area contributed by atoms with Crippen molar-refractivity contribution >= 4 is 5.97 Å². The Kier molecular flexibility index (Phi) is 28.6. The summed E-state index contributed by atoms with van der Waals surface area (Å²) in [7, 11) is 1.90. The van der Waals surface area contributed by atoms with Crippen LogP contribution in [0.1, 0.15) is 71.1 Å². The minimum Gasteiger partial charge on any atom is -0.463 e. The zero-order chi connectivity index (χ0) is 24.1. The summed E-state index contributed by atoms with van der Waals surface area (Å²) >= 11 is 0. The summed E-state index contributed by atoms with van der Waals surface area (Å²) in [6.45, 7) is 8.78. The lowest BCUT2D eigenvalue weighted by atomic mass is 10.1. The lowest BCUT2D eigenvalue weighted by Crippen LogP contribution is -2.17. The second-order valence-corrected chi connectivity index (χ2v) is 7.96. The molecule has 0 heterocycles. The van der Waals surface area contributed by atoms with Gasteiger partial charge in [0.15, 0.2) is 0 Å². The van der Waals surface area contributed by atoms with Gasteiger partial charge in [-0.25, -0.2) is 0 Å². The number of esters is 1. The maximum atomic E-state index is 11.7. The molecule has 1 N–H and O–H groups in total. The van der Waals surface area contributed by atoms with Crippen LogP contribution in [0.2, 0.25) is 0 Å². The van der Waals surface area contributed by atoms with Gasteiger partial charge in [-0.05, 0) is 13.5 Å². The largest absolute Gasteiger partial charge is 0.463 e. The van der Waals surface area contributed by atoms with E-state index in [1.807, 2.05) is 7.05 Å². The van der Waals surface area contributed by atoms with Gasteiger partial charge in [-0.3, -0.25) is 4.79 Å². The first kappa shape index (κ1) is 32.2. The molecule has 0 aromatic carbocycles. The lowest BCUT2D eigenvalue weighted by molar-refractivity contribution is -0.145. The van der Waals surface area contributed by atoms with Crippen molar-refractivity contribution in [2.24, 2.45) is 0 Å². The number of ether oxygens (including phenoxy) is 6. The Morgan fingerprint density at radius 3 is 1.39 bits per heavy atom. The third-order valence-corrected chi connectivity index (χ3v) is 4.96. The molecule has 0 aromatic rings. The van der Waals surface area contributed by atoms with Gasteiger partial charge in [-0.1, -0.05) is 58.3 Å². The van der Waals surface area contributed by atoms with Crippen LogP contribution >= 0.6 is 0 Å². The molecule has 0 bridgehead atoms. The molecule has 33 heavy (non-hydrogen) atoms. The normalized spacial score (nSPS) is 11.2. The highest BCUT2D eigenvalue weighted by Gasteiger charge is 2.02. The van der Waals surface area contributed by atoms with Gasteiger partial charge in [0.2, 0.25) is 0 Å². The predicted molar refractivity (Wildman–Crippen MR) is 131 cm³/mol. The average Bonchev–Trinajstić information content (AvgIpc) is 2.82. The van der Waals surface area contributed by atoms with E-state index in [4.69, 9.17) is 28.4 Å². The Labute approximate surface area is 202 Å². The lowest BCUT2D eigenvalue weighted by Gasteiger charge is -2.08. The molecular formula is C25H51NO7. The first-order valence-electron chi connectivity index (χ1n) is 13.0. The molecule has 0 aliphatic rings. The van der Waals surface area contributed by atoms with E-state index in [9.17, 15) is 4.79 Å². The van der Waals surface area contributed by atoms with E-state index in [1.165, 1.54) is 44.9 Å². The van der Waals surface area contributed by atoms with Crippen molar-refractivity contribution in [2.75, 3.05) is 86.3 Å². The van der Waals surface area contributed by atoms with Gasteiger partial charge in [0.25, 0.3) is 0 Å². The molecule has 0 rings (SSSR count). The highest BCUT2D eigenvalue weighted by molar-refractivity contribution is 5.69. The van der Waals surface area contributed by atoms with Gasteiger partial charge in [0.1, 0.15) is 6.61 Å². The Bertz CT molecular complexity index is 386. The minimum absolute atomic E-state index is 0.125. The van der Waals surface area contributed by atoms with Crippen molar-refractivity contribution in [1.29, 1.82) is 0 Å². The molecule has 0 aliphatic heterocycles. The third kappa shape index (κ3) is 29.2. The number of likely N-dealkylation sites (N-methyl/N-ethyl adjacent to an activating group) is 1. The molecule has 0 aromatic heterocycles. The average molecular weight is 478 g/mol. The molecule has 8 nitrogen and oxygen atoms in total. The SMILES string of the molecule is CCCCCCCCCCCC(=O)OCCOCCOCCOCCOCCOCCNC. The predicted octanol–water partition coefficient (Wildman–Crippen LogP) is 3.75. The Morgan fingerprint density at radius 1 is 0.545 bits per heavy atom. The summed E-state index contributed by atoms with van der Waals surface area (Å²) in [5.74, 6) is -0.125. The summed E-state index contributed by atoms with van der Waals surface area (Å²) in [5.41, 5.74) is 0. The molecule has 8 heteroatoms. The quantitative estimate of drug-likeness (QED) is 0.135. The summed E-state index contributed by atoms with van der Waals surface area (Å²) in [6, 6.07) is 0. The number of nitrogens with one attached hydrogen (secondary N) is 1.